The maximum atomic E-state index is 13.1. The van der Waals surface area contributed by atoms with E-state index in [0.29, 0.717) is 0 Å². The number of hydrogen-bond donors (Lipinski definition) is 0. The van der Waals surface area contributed by atoms with Gasteiger partial charge in [0.25, 0.3) is 5.91 Å². The predicted molar refractivity (Wildman–Crippen MR) is 97.7 cm³/mol. The summed E-state index contributed by atoms with van der Waals surface area (Å²) in [5.74, 6) is 0.709. The Morgan fingerprint density at radius 2 is 1.88 bits per heavy atom. The Balaban J connectivity index is 1.74. The highest BCUT2D eigenvalue weighted by Gasteiger charge is 2.31. The molecule has 0 N–H and O–H groups in total. The number of thioether (sulfide) groups is 1. The third-order valence-corrected chi connectivity index (χ3v) is 5.59. The van der Waals surface area contributed by atoms with Crippen LogP contribution in [0.25, 0.3) is 0 Å². The van der Waals surface area contributed by atoms with Gasteiger partial charge in [-0.15, -0.1) is 11.8 Å². The second-order valence-corrected chi connectivity index (χ2v) is 7.26. The van der Waals surface area contributed by atoms with Crippen LogP contribution in [0.1, 0.15) is 46.6 Å². The van der Waals surface area contributed by atoms with E-state index in [2.05, 4.69) is 19.1 Å². The van der Waals surface area contributed by atoms with Crippen molar-refractivity contribution in [1.82, 2.24) is 4.90 Å². The second kappa shape index (κ2) is 7.84. The molecule has 2 aromatic carbocycles. The summed E-state index contributed by atoms with van der Waals surface area (Å²) in [6.07, 6.45) is 3.40. The van der Waals surface area contributed by atoms with Crippen molar-refractivity contribution in [2.75, 3.05) is 12.3 Å². The lowest BCUT2D eigenvalue weighted by Gasteiger charge is -2.24. The van der Waals surface area contributed by atoms with E-state index < -0.39 is 0 Å². The maximum absolute atomic E-state index is 13.1. The molecular formula is C20H22FNOS. The molecule has 1 fully saturated rings. The summed E-state index contributed by atoms with van der Waals surface area (Å²) in [7, 11) is 0. The van der Waals surface area contributed by atoms with E-state index in [-0.39, 0.29) is 17.1 Å². The quantitative estimate of drug-likeness (QED) is 0.756. The average molecular weight is 343 g/mol. The van der Waals surface area contributed by atoms with Gasteiger partial charge >= 0.3 is 0 Å². The lowest BCUT2D eigenvalue weighted by atomic mass is 10.1. The molecular weight excluding hydrogens is 321 g/mol. The molecule has 0 saturated carbocycles. The number of nitrogens with zero attached hydrogens (tertiary/aromatic N) is 1. The zero-order valence-electron chi connectivity index (χ0n) is 13.9. The first kappa shape index (κ1) is 17.0. The zero-order valence-corrected chi connectivity index (χ0v) is 14.7. The fourth-order valence-corrected chi connectivity index (χ4v) is 4.20. The van der Waals surface area contributed by atoms with E-state index >= 15 is 0 Å². The molecule has 0 bridgehead atoms. The van der Waals surface area contributed by atoms with Gasteiger partial charge in [-0.3, -0.25) is 4.79 Å². The highest BCUT2D eigenvalue weighted by atomic mass is 32.2. The van der Waals surface area contributed by atoms with Gasteiger partial charge in [0.2, 0.25) is 0 Å². The average Bonchev–Trinajstić information content (AvgIpc) is 3.10. The highest BCUT2D eigenvalue weighted by molar-refractivity contribution is 7.99. The highest BCUT2D eigenvalue weighted by Crippen LogP contribution is 2.38. The standard InChI is InChI=1S/C20H22FNOS/c1-2-3-4-15-5-7-16(8-6-15)19(23)22-13-14-24-20(22)17-9-11-18(21)12-10-17/h5-12,20H,2-4,13-14H2,1H3. The van der Waals surface area contributed by atoms with Crippen LogP contribution in [-0.4, -0.2) is 23.1 Å². The largest absolute Gasteiger partial charge is 0.322 e. The van der Waals surface area contributed by atoms with Crippen molar-refractivity contribution >= 4 is 17.7 Å². The van der Waals surface area contributed by atoms with Crippen LogP contribution >= 0.6 is 11.8 Å². The molecule has 1 atom stereocenters. The number of carbonyl (C=O) groups is 1. The molecule has 0 radical (unpaired) electrons. The molecule has 1 amide bonds. The second-order valence-electron chi connectivity index (χ2n) is 6.07. The molecule has 2 aromatic rings. The molecule has 1 aliphatic heterocycles. The summed E-state index contributed by atoms with van der Waals surface area (Å²) < 4.78 is 13.1. The summed E-state index contributed by atoms with van der Waals surface area (Å²) >= 11 is 1.73. The number of amides is 1. The number of rotatable bonds is 5. The Labute approximate surface area is 147 Å². The third kappa shape index (κ3) is 3.81. The number of benzene rings is 2. The van der Waals surface area contributed by atoms with Gasteiger partial charge in [-0.05, 0) is 48.2 Å². The van der Waals surface area contributed by atoms with E-state index in [9.17, 15) is 9.18 Å². The minimum atomic E-state index is -0.248. The van der Waals surface area contributed by atoms with Crippen molar-refractivity contribution < 1.29 is 9.18 Å². The fourth-order valence-electron chi connectivity index (χ4n) is 2.94. The van der Waals surface area contributed by atoms with Gasteiger partial charge in [0.1, 0.15) is 11.2 Å². The van der Waals surface area contributed by atoms with Crippen molar-refractivity contribution in [1.29, 1.82) is 0 Å². The molecule has 2 nitrogen and oxygen atoms in total. The van der Waals surface area contributed by atoms with Crippen molar-refractivity contribution in [3.8, 4) is 0 Å². The Bertz CT molecular complexity index is 684. The van der Waals surface area contributed by atoms with Gasteiger partial charge in [0.05, 0.1) is 0 Å². The smallest absolute Gasteiger partial charge is 0.255 e. The van der Waals surface area contributed by atoms with Crippen LogP contribution in [0.3, 0.4) is 0 Å². The monoisotopic (exact) mass is 343 g/mol. The lowest BCUT2D eigenvalue weighted by Crippen LogP contribution is -2.30. The van der Waals surface area contributed by atoms with Gasteiger partial charge in [-0.2, -0.15) is 0 Å². The molecule has 0 aromatic heterocycles. The number of hydrogen-bond acceptors (Lipinski definition) is 2. The van der Waals surface area contributed by atoms with Crippen LogP contribution < -0.4 is 0 Å². The third-order valence-electron chi connectivity index (χ3n) is 4.33. The van der Waals surface area contributed by atoms with Crippen molar-refractivity contribution in [2.45, 2.75) is 31.6 Å². The summed E-state index contributed by atoms with van der Waals surface area (Å²) in [6, 6.07) is 14.4. The van der Waals surface area contributed by atoms with Crippen molar-refractivity contribution in [2.24, 2.45) is 0 Å². The Hall–Kier alpha value is -1.81. The van der Waals surface area contributed by atoms with Gasteiger partial charge in [0.15, 0.2) is 0 Å². The summed E-state index contributed by atoms with van der Waals surface area (Å²) in [6.45, 7) is 2.90. The summed E-state index contributed by atoms with van der Waals surface area (Å²) in [5, 5.41) is -0.0298. The first-order valence-electron chi connectivity index (χ1n) is 8.46. The Morgan fingerprint density at radius 3 is 2.54 bits per heavy atom. The number of halogens is 1. The minimum absolute atomic E-state index is 0.0298. The van der Waals surface area contributed by atoms with Crippen LogP contribution in [0.4, 0.5) is 4.39 Å². The van der Waals surface area contributed by atoms with E-state index in [1.807, 2.05) is 17.0 Å². The van der Waals surface area contributed by atoms with Crippen LogP contribution in [0, 0.1) is 5.82 Å². The van der Waals surface area contributed by atoms with Crippen LogP contribution in [0.15, 0.2) is 48.5 Å². The fraction of sp³-hybridized carbons (Fsp3) is 0.350. The molecule has 1 saturated heterocycles. The minimum Gasteiger partial charge on any atom is -0.322 e. The molecule has 1 unspecified atom stereocenters. The van der Waals surface area contributed by atoms with E-state index in [4.69, 9.17) is 0 Å². The molecule has 1 aliphatic rings. The number of aryl methyl sites for hydroxylation is 1. The van der Waals surface area contributed by atoms with E-state index in [1.165, 1.54) is 30.5 Å². The van der Waals surface area contributed by atoms with Gasteiger partial charge in [-0.1, -0.05) is 37.6 Å². The van der Waals surface area contributed by atoms with Crippen molar-refractivity contribution in [3.63, 3.8) is 0 Å². The SMILES string of the molecule is CCCCc1ccc(C(=O)N2CCSC2c2ccc(F)cc2)cc1. The number of unbranched alkanes of at least 4 members (excludes halogenated alkanes) is 1. The Morgan fingerprint density at radius 1 is 1.17 bits per heavy atom. The van der Waals surface area contributed by atoms with Gasteiger partial charge in [-0.25, -0.2) is 4.39 Å². The van der Waals surface area contributed by atoms with E-state index in [0.717, 1.165) is 29.8 Å². The zero-order chi connectivity index (χ0) is 16.9. The van der Waals surface area contributed by atoms with E-state index in [1.54, 1.807) is 23.9 Å². The maximum Gasteiger partial charge on any atom is 0.255 e. The van der Waals surface area contributed by atoms with Gasteiger partial charge < -0.3 is 4.90 Å². The summed E-state index contributed by atoms with van der Waals surface area (Å²) in [5.41, 5.74) is 2.98. The Kier molecular flexibility index (Phi) is 5.56. The predicted octanol–water partition coefficient (Wildman–Crippen LogP) is 5.06. The first-order chi connectivity index (χ1) is 11.7. The van der Waals surface area contributed by atoms with Crippen LogP contribution in [0.2, 0.25) is 0 Å². The summed E-state index contributed by atoms with van der Waals surface area (Å²) in [4.78, 5) is 14.7. The number of carbonyl (C=O) groups excluding carboxylic acids is 1. The van der Waals surface area contributed by atoms with Crippen LogP contribution in [0.5, 0.6) is 0 Å². The molecule has 3 rings (SSSR count). The lowest BCUT2D eigenvalue weighted by molar-refractivity contribution is 0.0760. The molecule has 0 aliphatic carbocycles. The molecule has 24 heavy (non-hydrogen) atoms. The first-order valence-corrected chi connectivity index (χ1v) is 9.51. The topological polar surface area (TPSA) is 20.3 Å². The molecule has 4 heteroatoms. The van der Waals surface area contributed by atoms with Crippen LogP contribution in [-0.2, 0) is 6.42 Å². The molecule has 1 heterocycles. The van der Waals surface area contributed by atoms with Gasteiger partial charge in [0, 0.05) is 17.9 Å². The van der Waals surface area contributed by atoms with Crippen molar-refractivity contribution in [3.05, 3.63) is 71.0 Å². The molecule has 0 spiro atoms. The molecule has 126 valence electrons. The normalized spacial score (nSPS) is 17.2.